The molecular formula is C18H23NO. The summed E-state index contributed by atoms with van der Waals surface area (Å²) in [7, 11) is 1.99. The molecule has 0 saturated heterocycles. The van der Waals surface area contributed by atoms with E-state index in [2.05, 4.69) is 48.6 Å². The highest BCUT2D eigenvalue weighted by atomic mass is 16.5. The second kappa shape index (κ2) is 7.71. The van der Waals surface area contributed by atoms with E-state index in [0.717, 1.165) is 18.8 Å². The highest BCUT2D eigenvalue weighted by Crippen LogP contribution is 2.22. The Kier molecular flexibility index (Phi) is 5.63. The average molecular weight is 269 g/mol. The Bertz CT molecular complexity index is 493. The third kappa shape index (κ3) is 4.10. The molecule has 0 amide bonds. The van der Waals surface area contributed by atoms with Gasteiger partial charge in [-0.05, 0) is 36.7 Å². The fraction of sp³-hybridized carbons (Fsp3) is 0.333. The van der Waals surface area contributed by atoms with Crippen LogP contribution in [0.3, 0.4) is 0 Å². The molecule has 0 aliphatic rings. The molecule has 0 spiro atoms. The van der Waals surface area contributed by atoms with Gasteiger partial charge in [-0.15, -0.1) is 0 Å². The molecule has 0 aliphatic carbocycles. The van der Waals surface area contributed by atoms with Gasteiger partial charge in [-0.3, -0.25) is 0 Å². The largest absolute Gasteiger partial charge is 0.492 e. The Morgan fingerprint density at radius 3 is 2.20 bits per heavy atom. The Morgan fingerprint density at radius 2 is 1.60 bits per heavy atom. The van der Waals surface area contributed by atoms with E-state index >= 15 is 0 Å². The van der Waals surface area contributed by atoms with E-state index < -0.39 is 0 Å². The maximum absolute atomic E-state index is 5.84. The standard InChI is InChI=1S/C18H23NO/c1-3-7-17(19-2)14-20-18-12-10-16(11-13-18)15-8-5-4-6-9-15/h4-6,8-13,17,19H,3,7,14H2,1-2H3. The number of likely N-dealkylation sites (N-methyl/N-ethyl adjacent to an activating group) is 1. The molecule has 1 unspecified atom stereocenters. The molecule has 0 aliphatic heterocycles. The van der Waals surface area contributed by atoms with Crippen LogP contribution in [-0.4, -0.2) is 19.7 Å². The second-order valence-electron chi connectivity index (χ2n) is 4.98. The van der Waals surface area contributed by atoms with Crippen molar-refractivity contribution in [2.45, 2.75) is 25.8 Å². The maximum atomic E-state index is 5.84. The summed E-state index contributed by atoms with van der Waals surface area (Å²) in [6.07, 6.45) is 2.31. The lowest BCUT2D eigenvalue weighted by atomic mass is 10.1. The van der Waals surface area contributed by atoms with Crippen molar-refractivity contribution in [1.29, 1.82) is 0 Å². The van der Waals surface area contributed by atoms with Crippen LogP contribution in [0, 0.1) is 0 Å². The molecule has 20 heavy (non-hydrogen) atoms. The van der Waals surface area contributed by atoms with Gasteiger partial charge in [0.1, 0.15) is 12.4 Å². The molecule has 2 aromatic rings. The van der Waals surface area contributed by atoms with Gasteiger partial charge in [-0.25, -0.2) is 0 Å². The third-order valence-corrected chi connectivity index (χ3v) is 3.46. The monoisotopic (exact) mass is 269 g/mol. The number of hydrogen-bond donors (Lipinski definition) is 1. The van der Waals surface area contributed by atoms with Crippen molar-refractivity contribution >= 4 is 0 Å². The van der Waals surface area contributed by atoms with Gasteiger partial charge >= 0.3 is 0 Å². The first-order valence-electron chi connectivity index (χ1n) is 7.29. The minimum atomic E-state index is 0.425. The van der Waals surface area contributed by atoms with Crippen molar-refractivity contribution in [3.05, 3.63) is 54.6 Å². The van der Waals surface area contributed by atoms with Crippen LogP contribution in [0.4, 0.5) is 0 Å². The van der Waals surface area contributed by atoms with Gasteiger partial charge in [-0.1, -0.05) is 55.8 Å². The molecule has 0 fully saturated rings. The van der Waals surface area contributed by atoms with E-state index in [1.165, 1.54) is 17.5 Å². The first-order valence-corrected chi connectivity index (χ1v) is 7.29. The van der Waals surface area contributed by atoms with Gasteiger partial charge < -0.3 is 10.1 Å². The Hall–Kier alpha value is -1.80. The van der Waals surface area contributed by atoms with Gasteiger partial charge in [0.05, 0.1) is 0 Å². The molecule has 0 bridgehead atoms. The van der Waals surface area contributed by atoms with Crippen LogP contribution >= 0.6 is 0 Å². The summed E-state index contributed by atoms with van der Waals surface area (Å²) in [6.45, 7) is 2.91. The minimum absolute atomic E-state index is 0.425. The summed E-state index contributed by atoms with van der Waals surface area (Å²) < 4.78 is 5.84. The molecule has 0 saturated carbocycles. The van der Waals surface area contributed by atoms with Crippen LogP contribution in [-0.2, 0) is 0 Å². The number of rotatable bonds is 7. The number of ether oxygens (including phenoxy) is 1. The van der Waals surface area contributed by atoms with Crippen molar-refractivity contribution in [2.75, 3.05) is 13.7 Å². The summed E-state index contributed by atoms with van der Waals surface area (Å²) in [6, 6.07) is 19.1. The van der Waals surface area contributed by atoms with E-state index in [-0.39, 0.29) is 0 Å². The molecule has 1 N–H and O–H groups in total. The molecule has 0 aromatic heterocycles. The lowest BCUT2D eigenvalue weighted by molar-refractivity contribution is 0.263. The average Bonchev–Trinajstić information content (AvgIpc) is 2.53. The number of hydrogen-bond acceptors (Lipinski definition) is 2. The fourth-order valence-corrected chi connectivity index (χ4v) is 2.23. The predicted molar refractivity (Wildman–Crippen MR) is 85.1 cm³/mol. The SMILES string of the molecule is CCCC(COc1ccc(-c2ccccc2)cc1)NC. The van der Waals surface area contributed by atoms with Gasteiger partial charge in [0.2, 0.25) is 0 Å². The lowest BCUT2D eigenvalue weighted by Crippen LogP contribution is -2.31. The zero-order valence-electron chi connectivity index (χ0n) is 12.3. The smallest absolute Gasteiger partial charge is 0.119 e. The fourth-order valence-electron chi connectivity index (χ4n) is 2.23. The van der Waals surface area contributed by atoms with Gasteiger partial charge in [0, 0.05) is 6.04 Å². The summed E-state index contributed by atoms with van der Waals surface area (Å²) in [5.74, 6) is 0.932. The van der Waals surface area contributed by atoms with Crippen LogP contribution in [0.25, 0.3) is 11.1 Å². The predicted octanol–water partition coefficient (Wildman–Crippen LogP) is 4.12. The van der Waals surface area contributed by atoms with Gasteiger partial charge in [-0.2, -0.15) is 0 Å². The molecule has 0 radical (unpaired) electrons. The molecule has 1 atom stereocenters. The summed E-state index contributed by atoms with van der Waals surface area (Å²) in [4.78, 5) is 0. The highest BCUT2D eigenvalue weighted by molar-refractivity contribution is 5.63. The molecule has 2 rings (SSSR count). The molecule has 106 valence electrons. The van der Waals surface area contributed by atoms with Crippen molar-refractivity contribution in [2.24, 2.45) is 0 Å². The molecule has 2 heteroatoms. The van der Waals surface area contributed by atoms with E-state index in [4.69, 9.17) is 4.74 Å². The summed E-state index contributed by atoms with van der Waals surface area (Å²) in [5.41, 5.74) is 2.45. The highest BCUT2D eigenvalue weighted by Gasteiger charge is 2.05. The Labute approximate surface area is 121 Å². The molecule has 2 aromatic carbocycles. The zero-order valence-corrected chi connectivity index (χ0v) is 12.3. The summed E-state index contributed by atoms with van der Waals surface area (Å²) >= 11 is 0. The normalized spacial score (nSPS) is 12.1. The van der Waals surface area contributed by atoms with E-state index in [1.54, 1.807) is 0 Å². The summed E-state index contributed by atoms with van der Waals surface area (Å²) in [5, 5.41) is 3.29. The quantitative estimate of drug-likeness (QED) is 0.816. The Morgan fingerprint density at radius 1 is 0.950 bits per heavy atom. The van der Waals surface area contributed by atoms with Crippen LogP contribution in [0.15, 0.2) is 54.6 Å². The van der Waals surface area contributed by atoms with Crippen molar-refractivity contribution < 1.29 is 4.74 Å². The Balaban J connectivity index is 1.95. The molecule has 2 nitrogen and oxygen atoms in total. The first-order chi connectivity index (χ1) is 9.83. The van der Waals surface area contributed by atoms with Gasteiger partial charge in [0.25, 0.3) is 0 Å². The van der Waals surface area contributed by atoms with E-state index in [9.17, 15) is 0 Å². The second-order valence-corrected chi connectivity index (χ2v) is 4.98. The van der Waals surface area contributed by atoms with Gasteiger partial charge in [0.15, 0.2) is 0 Å². The van der Waals surface area contributed by atoms with Crippen molar-refractivity contribution in [1.82, 2.24) is 5.32 Å². The maximum Gasteiger partial charge on any atom is 0.119 e. The molecule has 0 heterocycles. The van der Waals surface area contributed by atoms with Crippen LogP contribution < -0.4 is 10.1 Å². The van der Waals surface area contributed by atoms with Crippen LogP contribution in [0.1, 0.15) is 19.8 Å². The number of nitrogens with one attached hydrogen (secondary N) is 1. The first kappa shape index (κ1) is 14.6. The third-order valence-electron chi connectivity index (χ3n) is 3.46. The van der Waals surface area contributed by atoms with Crippen molar-refractivity contribution in [3.63, 3.8) is 0 Å². The minimum Gasteiger partial charge on any atom is -0.492 e. The van der Waals surface area contributed by atoms with E-state index in [1.807, 2.05) is 25.2 Å². The zero-order chi connectivity index (χ0) is 14.2. The van der Waals surface area contributed by atoms with Crippen LogP contribution in [0.5, 0.6) is 5.75 Å². The van der Waals surface area contributed by atoms with Crippen LogP contribution in [0.2, 0.25) is 0 Å². The van der Waals surface area contributed by atoms with Crippen molar-refractivity contribution in [3.8, 4) is 16.9 Å². The van der Waals surface area contributed by atoms with E-state index in [0.29, 0.717) is 6.04 Å². The lowest BCUT2D eigenvalue weighted by Gasteiger charge is -2.16. The topological polar surface area (TPSA) is 21.3 Å². The number of benzene rings is 2. The molecular weight excluding hydrogens is 246 g/mol.